The summed E-state index contributed by atoms with van der Waals surface area (Å²) in [4.78, 5) is 25.4. The first-order valence-corrected chi connectivity index (χ1v) is 12.4. The van der Waals surface area contributed by atoms with Gasteiger partial charge in [-0.2, -0.15) is 52.7 Å². The molecule has 4 nitrogen and oxygen atoms in total. The normalized spacial score (nSPS) is 16.4. The van der Waals surface area contributed by atoms with Gasteiger partial charge in [0.1, 0.15) is 23.8 Å². The van der Waals surface area contributed by atoms with Crippen molar-refractivity contribution in [1.82, 2.24) is 10.2 Å². The highest BCUT2D eigenvalue weighted by atomic mass is 35.5. The fourth-order valence-electron chi connectivity index (χ4n) is 4.21. The molecule has 2 aromatic rings. The third kappa shape index (κ3) is 8.15. The van der Waals surface area contributed by atoms with E-state index in [0.29, 0.717) is 24.3 Å². The molecule has 1 aliphatic carbocycles. The molecule has 0 aromatic heterocycles. The Morgan fingerprint density at radius 3 is 1.95 bits per heavy atom. The molecule has 1 N–H and O–H groups in total. The Kier molecular flexibility index (Phi) is 9.37. The summed E-state index contributed by atoms with van der Waals surface area (Å²) in [6.45, 7) is -1.72. The molecule has 1 aliphatic rings. The summed E-state index contributed by atoms with van der Waals surface area (Å²) in [5, 5.41) is 0.988. The van der Waals surface area contributed by atoms with Gasteiger partial charge < -0.3 is 10.2 Å². The van der Waals surface area contributed by atoms with Crippen LogP contribution in [-0.4, -0.2) is 48.2 Å². The molecule has 0 spiro atoms. The molecular formula is C26H18ClF13N2O2. The van der Waals surface area contributed by atoms with E-state index in [1.807, 2.05) is 5.32 Å². The number of halogens is 14. The molecule has 1 saturated carbocycles. The summed E-state index contributed by atoms with van der Waals surface area (Å²) in [5.41, 5.74) is -9.01. The van der Waals surface area contributed by atoms with Crippen LogP contribution in [0.15, 0.2) is 42.5 Å². The average molecular weight is 673 g/mol. The zero-order valence-corrected chi connectivity index (χ0v) is 22.6. The Hall–Kier alpha value is -3.50. The van der Waals surface area contributed by atoms with Crippen molar-refractivity contribution in [2.24, 2.45) is 0 Å². The van der Waals surface area contributed by atoms with E-state index in [2.05, 4.69) is 0 Å². The monoisotopic (exact) mass is 672 g/mol. The molecule has 0 aliphatic heterocycles. The van der Waals surface area contributed by atoms with E-state index in [4.69, 9.17) is 11.6 Å². The molecule has 44 heavy (non-hydrogen) atoms. The quantitative estimate of drug-likeness (QED) is 0.301. The van der Waals surface area contributed by atoms with E-state index in [-0.39, 0.29) is 36.0 Å². The second-order valence-electron chi connectivity index (χ2n) is 9.84. The lowest BCUT2D eigenvalue weighted by Crippen LogP contribution is -2.51. The molecule has 0 radical (unpaired) electrons. The molecule has 1 atom stereocenters. The van der Waals surface area contributed by atoms with E-state index >= 15 is 4.39 Å². The number of allylic oxidation sites excluding steroid dienone is 1. The topological polar surface area (TPSA) is 49.4 Å². The Balaban J connectivity index is 1.99. The summed E-state index contributed by atoms with van der Waals surface area (Å²) < 4.78 is 175. The fourth-order valence-corrected chi connectivity index (χ4v) is 4.43. The van der Waals surface area contributed by atoms with Crippen molar-refractivity contribution in [1.29, 1.82) is 0 Å². The zero-order valence-electron chi connectivity index (χ0n) is 21.8. The van der Waals surface area contributed by atoms with Crippen LogP contribution in [0.25, 0.3) is 5.83 Å². The van der Waals surface area contributed by atoms with Crippen LogP contribution in [0.3, 0.4) is 0 Å². The fraction of sp³-hybridized carbons (Fsp3) is 0.385. The summed E-state index contributed by atoms with van der Waals surface area (Å²) in [6.07, 6.45) is -21.6. The molecule has 18 heteroatoms. The minimum atomic E-state index is -5.43. The number of hydrogen-bond donors (Lipinski definition) is 1. The largest absolute Gasteiger partial charge is 0.417 e. The summed E-state index contributed by atoms with van der Waals surface area (Å²) in [5.74, 6) is -7.85. The highest BCUT2D eigenvalue weighted by Gasteiger charge is 2.54. The minimum absolute atomic E-state index is 0.0139. The predicted octanol–water partition coefficient (Wildman–Crippen LogP) is 8.32. The van der Waals surface area contributed by atoms with Crippen LogP contribution < -0.4 is 5.32 Å². The van der Waals surface area contributed by atoms with Gasteiger partial charge in [0.15, 0.2) is 0 Å². The molecule has 1 fully saturated rings. The molecule has 2 amide bonds. The summed E-state index contributed by atoms with van der Waals surface area (Å²) in [6, 6.07) is 1.83. The van der Waals surface area contributed by atoms with Gasteiger partial charge in [0.05, 0.1) is 21.7 Å². The lowest BCUT2D eigenvalue weighted by Gasteiger charge is -2.25. The molecule has 0 saturated heterocycles. The van der Waals surface area contributed by atoms with Crippen molar-refractivity contribution in [3.8, 4) is 0 Å². The molecule has 0 bridgehead atoms. The Labute approximate surface area is 244 Å². The standard InChI is InChI=1S/C26H18ClF13N2O2/c1-42(11-23(29,30)31)21(44)22(6-7-22)41-20(43)14-4-2-13(9-16(14)25(35,36)37)19(28)10-15(24(32,33)34)12-3-5-18(27)17(8-12)26(38,39)40/h2-5,8-10,15H,6-7,11H2,1H3,(H,41,43)/b19-10-. The minimum Gasteiger partial charge on any atom is -0.338 e. The van der Waals surface area contributed by atoms with Gasteiger partial charge in [-0.05, 0) is 48.7 Å². The van der Waals surface area contributed by atoms with Gasteiger partial charge in [-0.25, -0.2) is 4.39 Å². The van der Waals surface area contributed by atoms with Crippen LogP contribution in [0.5, 0.6) is 0 Å². The van der Waals surface area contributed by atoms with Crippen molar-refractivity contribution >= 4 is 29.2 Å². The highest BCUT2D eigenvalue weighted by molar-refractivity contribution is 6.31. The van der Waals surface area contributed by atoms with Crippen molar-refractivity contribution < 1.29 is 66.7 Å². The zero-order chi connectivity index (χ0) is 33.6. The maximum Gasteiger partial charge on any atom is 0.417 e. The van der Waals surface area contributed by atoms with Crippen LogP contribution in [-0.2, 0) is 17.1 Å². The van der Waals surface area contributed by atoms with Gasteiger partial charge in [-0.3, -0.25) is 9.59 Å². The van der Waals surface area contributed by atoms with Crippen LogP contribution in [0, 0.1) is 0 Å². The SMILES string of the molecule is CN(CC(F)(F)F)C(=O)C1(NC(=O)c2ccc(/C(F)=C/C(c3ccc(Cl)c(C(F)(F)F)c3)C(F)(F)F)cc2C(F)(F)F)CC1. The van der Waals surface area contributed by atoms with Gasteiger partial charge >= 0.3 is 24.7 Å². The van der Waals surface area contributed by atoms with Crippen molar-refractivity contribution in [2.45, 2.75) is 49.0 Å². The third-order valence-electron chi connectivity index (χ3n) is 6.44. The molecule has 1 unspecified atom stereocenters. The van der Waals surface area contributed by atoms with Crippen LogP contribution >= 0.6 is 11.6 Å². The summed E-state index contributed by atoms with van der Waals surface area (Å²) in [7, 11) is 0.759. The van der Waals surface area contributed by atoms with Gasteiger partial charge in [-0.1, -0.05) is 23.7 Å². The lowest BCUT2D eigenvalue weighted by molar-refractivity contribution is -0.160. The first-order chi connectivity index (χ1) is 19.9. The number of nitrogens with one attached hydrogen (secondary N) is 1. The molecule has 0 heterocycles. The second kappa shape index (κ2) is 11.8. The van der Waals surface area contributed by atoms with E-state index in [1.54, 1.807) is 0 Å². The number of nitrogens with zero attached hydrogens (tertiary/aromatic N) is 1. The number of alkyl halides is 12. The van der Waals surface area contributed by atoms with E-state index < -0.39 is 93.2 Å². The maximum absolute atomic E-state index is 15.0. The number of benzene rings is 2. The van der Waals surface area contributed by atoms with Crippen LogP contribution in [0.2, 0.25) is 5.02 Å². The Morgan fingerprint density at radius 1 is 0.909 bits per heavy atom. The smallest absolute Gasteiger partial charge is 0.338 e. The van der Waals surface area contributed by atoms with Crippen LogP contribution in [0.1, 0.15) is 51.4 Å². The van der Waals surface area contributed by atoms with Gasteiger partial charge in [0, 0.05) is 12.6 Å². The lowest BCUT2D eigenvalue weighted by atomic mass is 9.94. The number of rotatable bonds is 7. The van der Waals surface area contributed by atoms with Gasteiger partial charge in [0.2, 0.25) is 5.91 Å². The van der Waals surface area contributed by atoms with Crippen LogP contribution in [0.4, 0.5) is 57.1 Å². The first kappa shape index (κ1) is 35.0. The van der Waals surface area contributed by atoms with Gasteiger partial charge in [0.25, 0.3) is 5.91 Å². The number of hydrogen-bond acceptors (Lipinski definition) is 2. The molecular weight excluding hydrogens is 655 g/mol. The molecule has 242 valence electrons. The third-order valence-corrected chi connectivity index (χ3v) is 6.77. The van der Waals surface area contributed by atoms with Crippen molar-refractivity contribution in [2.75, 3.05) is 13.6 Å². The number of likely N-dealkylation sites (N-methyl/N-ethyl adjacent to an activating group) is 1. The van der Waals surface area contributed by atoms with Crippen molar-refractivity contribution in [3.63, 3.8) is 0 Å². The van der Waals surface area contributed by atoms with E-state index in [0.717, 1.165) is 7.05 Å². The maximum atomic E-state index is 15.0. The van der Waals surface area contributed by atoms with E-state index in [9.17, 15) is 62.3 Å². The highest BCUT2D eigenvalue weighted by Crippen LogP contribution is 2.43. The van der Waals surface area contributed by atoms with Crippen molar-refractivity contribution in [3.05, 3.63) is 75.3 Å². The second-order valence-corrected chi connectivity index (χ2v) is 10.2. The first-order valence-electron chi connectivity index (χ1n) is 12.0. The number of carbonyl (C=O) groups excluding carboxylic acids is 2. The Morgan fingerprint density at radius 2 is 1.48 bits per heavy atom. The number of amides is 2. The molecule has 3 rings (SSSR count). The van der Waals surface area contributed by atoms with E-state index in [1.165, 1.54) is 0 Å². The average Bonchev–Trinajstić information content (AvgIpc) is 3.64. The predicted molar refractivity (Wildman–Crippen MR) is 129 cm³/mol. The number of carbonyl (C=O) groups is 2. The van der Waals surface area contributed by atoms with Gasteiger partial charge in [-0.15, -0.1) is 0 Å². The Bertz CT molecular complexity index is 1460. The molecule has 2 aromatic carbocycles. The summed E-state index contributed by atoms with van der Waals surface area (Å²) >= 11 is 5.41.